The molecule has 0 unspecified atom stereocenters. The number of aromatic nitrogens is 1. The lowest BCUT2D eigenvalue weighted by Gasteiger charge is -1.95. The molecule has 1 aromatic carbocycles. The molecule has 0 saturated heterocycles. The van der Waals surface area contributed by atoms with E-state index in [9.17, 15) is 4.79 Å². The molecule has 0 fully saturated rings. The van der Waals surface area contributed by atoms with E-state index in [-0.39, 0.29) is 6.09 Å². The number of carbonyl (C=O) groups is 1. The van der Waals surface area contributed by atoms with Crippen molar-refractivity contribution in [1.82, 2.24) is 4.57 Å². The van der Waals surface area contributed by atoms with E-state index in [1.165, 1.54) is 0 Å². The summed E-state index contributed by atoms with van der Waals surface area (Å²) in [5.41, 5.74) is 1.87. The Balaban J connectivity index is 2.46. The van der Waals surface area contributed by atoms with Gasteiger partial charge < -0.3 is 4.74 Å². The highest BCUT2D eigenvalue weighted by atomic mass is 16.6. The summed E-state index contributed by atoms with van der Waals surface area (Å²) >= 11 is 0. The molecule has 0 N–H and O–H groups in total. The number of benzene rings is 1. The first-order valence-corrected chi connectivity index (χ1v) is 4.13. The molecule has 2 heterocycles. The monoisotopic (exact) mass is 173 g/mol. The molecule has 0 amide bonds. The summed E-state index contributed by atoms with van der Waals surface area (Å²) in [5.74, 6) is 0. The van der Waals surface area contributed by atoms with Crippen LogP contribution in [0.1, 0.15) is 5.69 Å². The van der Waals surface area contributed by atoms with E-state index in [4.69, 9.17) is 4.74 Å². The summed E-state index contributed by atoms with van der Waals surface area (Å²) in [6, 6.07) is 9.78. The fourth-order valence-corrected chi connectivity index (χ4v) is 1.73. The van der Waals surface area contributed by atoms with Gasteiger partial charge in [0.25, 0.3) is 0 Å². The average Bonchev–Trinajstić information content (AvgIpc) is 2.66. The first-order valence-electron chi connectivity index (χ1n) is 4.13. The third kappa shape index (κ3) is 0.758. The van der Waals surface area contributed by atoms with Crippen molar-refractivity contribution in [1.29, 1.82) is 0 Å². The fourth-order valence-electron chi connectivity index (χ4n) is 1.73. The molecule has 0 radical (unpaired) electrons. The molecule has 1 aliphatic heterocycles. The molecule has 0 atom stereocenters. The summed E-state index contributed by atoms with van der Waals surface area (Å²) in [7, 11) is 0. The lowest BCUT2D eigenvalue weighted by Crippen LogP contribution is -2.03. The third-order valence-electron chi connectivity index (χ3n) is 2.31. The van der Waals surface area contributed by atoms with Crippen molar-refractivity contribution in [3.8, 4) is 0 Å². The van der Waals surface area contributed by atoms with Gasteiger partial charge in [0.2, 0.25) is 0 Å². The highest BCUT2D eigenvalue weighted by molar-refractivity contribution is 5.92. The van der Waals surface area contributed by atoms with Gasteiger partial charge in [0.1, 0.15) is 6.61 Å². The molecule has 0 spiro atoms. The zero-order valence-corrected chi connectivity index (χ0v) is 6.86. The Morgan fingerprint density at radius 1 is 1.31 bits per heavy atom. The molecule has 1 aromatic heterocycles. The van der Waals surface area contributed by atoms with Crippen LogP contribution in [0.5, 0.6) is 0 Å². The molecular weight excluding hydrogens is 166 g/mol. The lowest BCUT2D eigenvalue weighted by atomic mass is 10.2. The minimum atomic E-state index is -0.267. The predicted octanol–water partition coefficient (Wildman–Crippen LogP) is 2.14. The predicted molar refractivity (Wildman–Crippen MR) is 47.5 cm³/mol. The SMILES string of the molecule is O=C1OCc2cc3ccccc3n21. The van der Waals surface area contributed by atoms with E-state index in [1.807, 2.05) is 30.3 Å². The van der Waals surface area contributed by atoms with Crippen molar-refractivity contribution < 1.29 is 9.53 Å². The molecular formula is C10H7NO2. The second kappa shape index (κ2) is 2.13. The number of nitrogens with zero attached hydrogens (tertiary/aromatic N) is 1. The van der Waals surface area contributed by atoms with Gasteiger partial charge in [0.05, 0.1) is 11.2 Å². The lowest BCUT2D eigenvalue weighted by molar-refractivity contribution is 0.162. The summed E-state index contributed by atoms with van der Waals surface area (Å²) in [5, 5.41) is 1.09. The van der Waals surface area contributed by atoms with E-state index >= 15 is 0 Å². The highest BCUT2D eigenvalue weighted by Gasteiger charge is 2.22. The number of carbonyl (C=O) groups excluding carboxylic acids is 1. The van der Waals surface area contributed by atoms with Crippen LogP contribution in [0.15, 0.2) is 30.3 Å². The normalized spacial score (nSPS) is 14.6. The highest BCUT2D eigenvalue weighted by Crippen LogP contribution is 2.24. The first-order chi connectivity index (χ1) is 6.36. The smallest absolute Gasteiger partial charge is 0.419 e. The molecule has 3 heteroatoms. The zero-order chi connectivity index (χ0) is 8.84. The van der Waals surface area contributed by atoms with Gasteiger partial charge in [-0.2, -0.15) is 0 Å². The van der Waals surface area contributed by atoms with Gasteiger partial charge in [-0.1, -0.05) is 18.2 Å². The van der Waals surface area contributed by atoms with Gasteiger partial charge in [-0.25, -0.2) is 9.36 Å². The molecule has 0 aliphatic carbocycles. The number of fused-ring (bicyclic) bond motifs is 3. The van der Waals surface area contributed by atoms with Crippen LogP contribution >= 0.6 is 0 Å². The van der Waals surface area contributed by atoms with E-state index in [1.54, 1.807) is 4.57 Å². The standard InChI is InChI=1S/C10H7NO2/c12-10-11-8(6-13-10)5-7-3-1-2-4-9(7)11/h1-5H,6H2. The van der Waals surface area contributed by atoms with Crippen LogP contribution in [-0.4, -0.2) is 10.7 Å². The van der Waals surface area contributed by atoms with Gasteiger partial charge in [-0.05, 0) is 12.1 Å². The van der Waals surface area contributed by atoms with Crippen LogP contribution in [0.4, 0.5) is 4.79 Å². The quantitative estimate of drug-likeness (QED) is 0.611. The van der Waals surface area contributed by atoms with E-state index in [2.05, 4.69) is 0 Å². The minimum absolute atomic E-state index is 0.267. The maximum atomic E-state index is 11.3. The second-order valence-electron chi connectivity index (χ2n) is 3.08. The number of hydrogen-bond donors (Lipinski definition) is 0. The summed E-state index contributed by atoms with van der Waals surface area (Å²) in [6.07, 6.45) is -0.267. The average molecular weight is 173 g/mol. The zero-order valence-electron chi connectivity index (χ0n) is 6.86. The van der Waals surface area contributed by atoms with Crippen LogP contribution in [-0.2, 0) is 11.3 Å². The maximum Gasteiger partial charge on any atom is 0.419 e. The van der Waals surface area contributed by atoms with Crippen LogP contribution < -0.4 is 0 Å². The molecule has 2 aromatic rings. The van der Waals surface area contributed by atoms with Crippen molar-refractivity contribution in [2.75, 3.05) is 0 Å². The van der Waals surface area contributed by atoms with Crippen molar-refractivity contribution in [2.45, 2.75) is 6.61 Å². The van der Waals surface area contributed by atoms with Crippen LogP contribution in [0, 0.1) is 0 Å². The Morgan fingerprint density at radius 3 is 3.08 bits per heavy atom. The molecule has 1 aliphatic rings. The van der Waals surface area contributed by atoms with Crippen molar-refractivity contribution >= 4 is 17.0 Å². The Morgan fingerprint density at radius 2 is 2.15 bits per heavy atom. The molecule has 13 heavy (non-hydrogen) atoms. The molecule has 0 bridgehead atoms. The maximum absolute atomic E-state index is 11.3. The minimum Gasteiger partial charge on any atom is -0.442 e. The van der Waals surface area contributed by atoms with Crippen molar-refractivity contribution in [2.24, 2.45) is 0 Å². The summed E-state index contributed by atoms with van der Waals surface area (Å²) in [4.78, 5) is 11.3. The van der Waals surface area contributed by atoms with Crippen LogP contribution in [0.25, 0.3) is 10.9 Å². The van der Waals surface area contributed by atoms with E-state index in [0.29, 0.717) is 6.61 Å². The van der Waals surface area contributed by atoms with Gasteiger partial charge in [0.15, 0.2) is 0 Å². The first kappa shape index (κ1) is 6.71. The molecule has 0 saturated carbocycles. The Bertz CT molecular complexity index is 499. The van der Waals surface area contributed by atoms with Crippen LogP contribution in [0.2, 0.25) is 0 Å². The largest absolute Gasteiger partial charge is 0.442 e. The van der Waals surface area contributed by atoms with Crippen molar-refractivity contribution in [3.05, 3.63) is 36.0 Å². The third-order valence-corrected chi connectivity index (χ3v) is 2.31. The summed E-state index contributed by atoms with van der Waals surface area (Å²) < 4.78 is 6.52. The van der Waals surface area contributed by atoms with Gasteiger partial charge in [-0.3, -0.25) is 0 Å². The number of cyclic esters (lactones) is 1. The Hall–Kier alpha value is -1.77. The summed E-state index contributed by atoms with van der Waals surface area (Å²) in [6.45, 7) is 0.396. The van der Waals surface area contributed by atoms with Gasteiger partial charge in [0, 0.05) is 5.39 Å². The number of rotatable bonds is 0. The molecule has 3 nitrogen and oxygen atoms in total. The second-order valence-corrected chi connectivity index (χ2v) is 3.08. The number of hydrogen-bond acceptors (Lipinski definition) is 2. The van der Waals surface area contributed by atoms with Crippen LogP contribution in [0.3, 0.4) is 0 Å². The van der Waals surface area contributed by atoms with Gasteiger partial charge in [-0.15, -0.1) is 0 Å². The number of ether oxygens (including phenoxy) is 1. The Kier molecular flexibility index (Phi) is 1.10. The van der Waals surface area contributed by atoms with E-state index < -0.39 is 0 Å². The molecule has 64 valence electrons. The molecule has 3 rings (SSSR count). The fraction of sp³-hybridized carbons (Fsp3) is 0.100. The van der Waals surface area contributed by atoms with Gasteiger partial charge >= 0.3 is 6.09 Å². The van der Waals surface area contributed by atoms with E-state index in [0.717, 1.165) is 16.6 Å². The van der Waals surface area contributed by atoms with Crippen molar-refractivity contribution in [3.63, 3.8) is 0 Å². The Labute approximate surface area is 74.5 Å². The number of para-hydroxylation sites is 1. The topological polar surface area (TPSA) is 31.2 Å².